The van der Waals surface area contributed by atoms with Crippen molar-refractivity contribution in [2.24, 2.45) is 0 Å². The highest BCUT2D eigenvalue weighted by Crippen LogP contribution is 2.24. The van der Waals surface area contributed by atoms with Crippen molar-refractivity contribution in [3.05, 3.63) is 59.4 Å². The van der Waals surface area contributed by atoms with Gasteiger partial charge in [-0.3, -0.25) is 0 Å². The van der Waals surface area contributed by atoms with Crippen molar-refractivity contribution in [1.82, 2.24) is 4.90 Å². The molecule has 2 aromatic carbocycles. The summed E-state index contributed by atoms with van der Waals surface area (Å²) >= 11 is 0. The number of carbonyl (C=O) groups excluding carboxylic acids is 1. The highest BCUT2D eigenvalue weighted by molar-refractivity contribution is 5.89. The second-order valence-corrected chi connectivity index (χ2v) is 5.79. The largest absolute Gasteiger partial charge is 0.366 e. The highest BCUT2D eigenvalue weighted by Gasteiger charge is 2.24. The molecule has 0 bridgehead atoms. The molecule has 0 aromatic heterocycles. The fourth-order valence-corrected chi connectivity index (χ4v) is 2.74. The number of anilines is 2. The number of piperazine rings is 1. The molecule has 0 spiro atoms. The molecule has 0 aliphatic carbocycles. The number of urea groups is 1. The van der Waals surface area contributed by atoms with Gasteiger partial charge in [-0.2, -0.15) is 5.26 Å². The standard InChI is InChI=1S/C18H15F3N4O/c19-14-5-6-15(17(21)16(14)20)24-7-9-25(10-8-24)18(26)23-13-3-1-12(11-22)2-4-13/h1-6H,7-10H2,(H,23,26). The molecule has 0 radical (unpaired) electrons. The van der Waals surface area contributed by atoms with Crippen LogP contribution < -0.4 is 10.2 Å². The number of nitrogens with zero attached hydrogens (tertiary/aromatic N) is 3. The van der Waals surface area contributed by atoms with Crippen LogP contribution in [0.25, 0.3) is 0 Å². The van der Waals surface area contributed by atoms with Crippen molar-refractivity contribution in [2.75, 3.05) is 36.4 Å². The van der Waals surface area contributed by atoms with Crippen LogP contribution in [-0.2, 0) is 0 Å². The third-order valence-electron chi connectivity index (χ3n) is 4.19. The number of benzene rings is 2. The van der Waals surface area contributed by atoms with Crippen LogP contribution in [0.2, 0.25) is 0 Å². The Hall–Kier alpha value is -3.21. The van der Waals surface area contributed by atoms with E-state index in [2.05, 4.69) is 5.32 Å². The number of hydrogen-bond donors (Lipinski definition) is 1. The molecule has 26 heavy (non-hydrogen) atoms. The minimum absolute atomic E-state index is 0.0175. The molecular formula is C18H15F3N4O. The molecule has 1 heterocycles. The number of hydrogen-bond acceptors (Lipinski definition) is 3. The van der Waals surface area contributed by atoms with Gasteiger partial charge in [0.1, 0.15) is 0 Å². The summed E-state index contributed by atoms with van der Waals surface area (Å²) in [5.41, 5.74) is 1.03. The van der Waals surface area contributed by atoms with Gasteiger partial charge >= 0.3 is 6.03 Å². The van der Waals surface area contributed by atoms with Gasteiger partial charge in [0.15, 0.2) is 17.5 Å². The number of nitrogens with one attached hydrogen (secondary N) is 1. The van der Waals surface area contributed by atoms with E-state index in [9.17, 15) is 18.0 Å². The summed E-state index contributed by atoms with van der Waals surface area (Å²) in [5.74, 6) is -3.95. The minimum Gasteiger partial charge on any atom is -0.366 e. The zero-order chi connectivity index (χ0) is 18.7. The molecule has 5 nitrogen and oxygen atoms in total. The second kappa shape index (κ2) is 7.35. The van der Waals surface area contributed by atoms with Gasteiger partial charge in [-0.1, -0.05) is 0 Å². The van der Waals surface area contributed by atoms with Crippen molar-refractivity contribution in [3.63, 3.8) is 0 Å². The number of rotatable bonds is 2. The van der Waals surface area contributed by atoms with Crippen LogP contribution in [0.3, 0.4) is 0 Å². The lowest BCUT2D eigenvalue weighted by Gasteiger charge is -2.36. The molecule has 1 aliphatic rings. The molecule has 8 heteroatoms. The SMILES string of the molecule is N#Cc1ccc(NC(=O)N2CCN(c3ccc(F)c(F)c3F)CC2)cc1. The average Bonchev–Trinajstić information content (AvgIpc) is 2.67. The Morgan fingerprint density at radius 2 is 1.62 bits per heavy atom. The second-order valence-electron chi connectivity index (χ2n) is 5.79. The quantitative estimate of drug-likeness (QED) is 0.836. The normalized spacial score (nSPS) is 14.1. The van der Waals surface area contributed by atoms with Gasteiger partial charge in [0.2, 0.25) is 0 Å². The van der Waals surface area contributed by atoms with Crippen LogP contribution in [0, 0.1) is 28.8 Å². The molecule has 0 saturated carbocycles. The first-order valence-corrected chi connectivity index (χ1v) is 7.94. The van der Waals surface area contributed by atoms with E-state index in [1.54, 1.807) is 34.1 Å². The van der Waals surface area contributed by atoms with Crippen LogP contribution in [0.5, 0.6) is 0 Å². The topological polar surface area (TPSA) is 59.4 Å². The van der Waals surface area contributed by atoms with Crippen molar-refractivity contribution in [3.8, 4) is 6.07 Å². The summed E-state index contributed by atoms with van der Waals surface area (Å²) in [4.78, 5) is 15.4. The lowest BCUT2D eigenvalue weighted by molar-refractivity contribution is 0.208. The molecule has 2 aromatic rings. The van der Waals surface area contributed by atoms with Gasteiger partial charge in [0.05, 0.1) is 17.3 Å². The summed E-state index contributed by atoms with van der Waals surface area (Å²) in [6.07, 6.45) is 0. The Labute approximate surface area is 148 Å². The molecule has 1 aliphatic heterocycles. The van der Waals surface area contributed by atoms with Gasteiger partial charge in [-0.05, 0) is 36.4 Å². The highest BCUT2D eigenvalue weighted by atomic mass is 19.2. The maximum atomic E-state index is 13.9. The van der Waals surface area contributed by atoms with E-state index in [0.29, 0.717) is 37.4 Å². The molecule has 0 atom stereocenters. The molecular weight excluding hydrogens is 345 g/mol. The summed E-state index contributed by atoms with van der Waals surface area (Å²) in [6, 6.07) is 10.2. The van der Waals surface area contributed by atoms with E-state index in [-0.39, 0.29) is 11.7 Å². The number of nitriles is 1. The smallest absolute Gasteiger partial charge is 0.321 e. The van der Waals surface area contributed by atoms with Gasteiger partial charge in [-0.15, -0.1) is 0 Å². The van der Waals surface area contributed by atoms with Crippen molar-refractivity contribution < 1.29 is 18.0 Å². The van der Waals surface area contributed by atoms with E-state index >= 15 is 0 Å². The number of halogens is 3. The Kier molecular flexibility index (Phi) is 4.98. The fraction of sp³-hybridized carbons (Fsp3) is 0.222. The van der Waals surface area contributed by atoms with Crippen LogP contribution in [-0.4, -0.2) is 37.1 Å². The van der Waals surface area contributed by atoms with E-state index in [1.807, 2.05) is 6.07 Å². The molecule has 1 fully saturated rings. The first-order valence-electron chi connectivity index (χ1n) is 7.94. The number of amides is 2. The van der Waals surface area contributed by atoms with Crippen LogP contribution >= 0.6 is 0 Å². The van der Waals surface area contributed by atoms with Crippen LogP contribution in [0.4, 0.5) is 29.3 Å². The van der Waals surface area contributed by atoms with Crippen molar-refractivity contribution >= 4 is 17.4 Å². The van der Waals surface area contributed by atoms with Gasteiger partial charge in [0.25, 0.3) is 0 Å². The zero-order valence-corrected chi connectivity index (χ0v) is 13.7. The molecule has 2 amide bonds. The zero-order valence-electron chi connectivity index (χ0n) is 13.7. The lowest BCUT2D eigenvalue weighted by atomic mass is 10.2. The summed E-state index contributed by atoms with van der Waals surface area (Å²) in [7, 11) is 0. The van der Waals surface area contributed by atoms with Crippen molar-refractivity contribution in [1.29, 1.82) is 5.26 Å². The Bertz CT molecular complexity index is 856. The predicted molar refractivity (Wildman–Crippen MR) is 90.3 cm³/mol. The summed E-state index contributed by atoms with van der Waals surface area (Å²) in [6.45, 7) is 1.20. The third-order valence-corrected chi connectivity index (χ3v) is 4.19. The first-order chi connectivity index (χ1) is 12.5. The maximum absolute atomic E-state index is 13.9. The van der Waals surface area contributed by atoms with Crippen LogP contribution in [0.1, 0.15) is 5.56 Å². The predicted octanol–water partition coefficient (Wildman–Crippen LogP) is 3.33. The Morgan fingerprint density at radius 3 is 2.23 bits per heavy atom. The van der Waals surface area contributed by atoms with Gasteiger partial charge < -0.3 is 15.1 Å². The number of carbonyl (C=O) groups is 1. The molecule has 1 N–H and O–H groups in total. The van der Waals surface area contributed by atoms with E-state index in [0.717, 1.165) is 6.07 Å². The van der Waals surface area contributed by atoms with E-state index < -0.39 is 17.5 Å². The molecule has 1 saturated heterocycles. The van der Waals surface area contributed by atoms with E-state index in [1.165, 1.54) is 6.07 Å². The van der Waals surface area contributed by atoms with E-state index in [4.69, 9.17) is 5.26 Å². The Balaban J connectivity index is 1.60. The van der Waals surface area contributed by atoms with Gasteiger partial charge in [0, 0.05) is 31.9 Å². The minimum atomic E-state index is -1.50. The molecule has 134 valence electrons. The van der Waals surface area contributed by atoms with Crippen molar-refractivity contribution in [2.45, 2.75) is 0 Å². The molecule has 0 unspecified atom stereocenters. The Morgan fingerprint density at radius 1 is 0.962 bits per heavy atom. The average molecular weight is 360 g/mol. The van der Waals surface area contributed by atoms with Gasteiger partial charge in [-0.25, -0.2) is 18.0 Å². The maximum Gasteiger partial charge on any atom is 0.321 e. The first kappa shape index (κ1) is 17.6. The fourth-order valence-electron chi connectivity index (χ4n) is 2.74. The lowest BCUT2D eigenvalue weighted by Crippen LogP contribution is -2.50. The monoisotopic (exact) mass is 360 g/mol. The molecule has 3 rings (SSSR count). The summed E-state index contributed by atoms with van der Waals surface area (Å²) < 4.78 is 40.3. The van der Waals surface area contributed by atoms with Crippen LogP contribution in [0.15, 0.2) is 36.4 Å². The third kappa shape index (κ3) is 3.57. The summed E-state index contributed by atoms with van der Waals surface area (Å²) in [5, 5.41) is 11.5.